The minimum absolute atomic E-state index is 0.0567. The van der Waals surface area contributed by atoms with E-state index in [0.29, 0.717) is 11.7 Å². The fraction of sp³-hybridized carbons (Fsp3) is 0.278. The Bertz CT molecular complexity index is 874. The zero-order chi connectivity index (χ0) is 16.4. The molecule has 1 atom stereocenters. The number of hydrogen-bond donors (Lipinski definition) is 1. The predicted octanol–water partition coefficient (Wildman–Crippen LogP) is 2.30. The molecular formula is C18H18N4O2. The van der Waals surface area contributed by atoms with Crippen molar-refractivity contribution < 1.29 is 9.53 Å². The number of fused-ring (bicyclic) bond motifs is 2. The highest BCUT2D eigenvalue weighted by atomic mass is 16.5. The quantitative estimate of drug-likeness (QED) is 0.800. The van der Waals surface area contributed by atoms with Gasteiger partial charge in [-0.05, 0) is 42.5 Å². The van der Waals surface area contributed by atoms with E-state index in [1.54, 1.807) is 10.6 Å². The second kappa shape index (κ2) is 6.31. The van der Waals surface area contributed by atoms with E-state index in [9.17, 15) is 4.79 Å². The van der Waals surface area contributed by atoms with Gasteiger partial charge in [-0.3, -0.25) is 9.20 Å². The molecular weight excluding hydrogens is 304 g/mol. The molecule has 122 valence electrons. The highest BCUT2D eigenvalue weighted by Crippen LogP contribution is 2.29. The zero-order valence-electron chi connectivity index (χ0n) is 13.2. The van der Waals surface area contributed by atoms with Crippen LogP contribution in [0.15, 0.2) is 48.7 Å². The van der Waals surface area contributed by atoms with E-state index in [1.165, 1.54) is 11.1 Å². The third-order valence-corrected chi connectivity index (χ3v) is 4.32. The summed E-state index contributed by atoms with van der Waals surface area (Å²) in [6, 6.07) is 14.2. The molecule has 3 aromatic rings. The Labute approximate surface area is 139 Å². The summed E-state index contributed by atoms with van der Waals surface area (Å²) in [4.78, 5) is 12.3. The zero-order valence-corrected chi connectivity index (χ0v) is 13.2. The number of ether oxygens (including phenoxy) is 1. The summed E-state index contributed by atoms with van der Waals surface area (Å²) in [7, 11) is 0. The van der Waals surface area contributed by atoms with Crippen LogP contribution >= 0.6 is 0 Å². The summed E-state index contributed by atoms with van der Waals surface area (Å²) in [5.41, 5.74) is 3.22. The van der Waals surface area contributed by atoms with Crippen molar-refractivity contribution in [1.29, 1.82) is 0 Å². The second-order valence-corrected chi connectivity index (χ2v) is 5.91. The molecule has 0 saturated carbocycles. The first-order valence-electron chi connectivity index (χ1n) is 8.11. The lowest BCUT2D eigenvalue weighted by atomic mass is 9.88. The summed E-state index contributed by atoms with van der Waals surface area (Å²) < 4.78 is 7.24. The molecule has 0 bridgehead atoms. The van der Waals surface area contributed by atoms with Gasteiger partial charge >= 0.3 is 6.01 Å². The number of aromatic nitrogens is 3. The Morgan fingerprint density at radius 2 is 2.08 bits per heavy atom. The Morgan fingerprint density at radius 3 is 3.04 bits per heavy atom. The average molecular weight is 322 g/mol. The molecule has 0 fully saturated rings. The predicted molar refractivity (Wildman–Crippen MR) is 88.7 cm³/mol. The van der Waals surface area contributed by atoms with Gasteiger partial charge < -0.3 is 10.1 Å². The molecule has 6 heteroatoms. The standard InChI is InChI=1S/C18H18N4O2/c23-17(12-24-18-21-20-16-10-3-4-11-22(16)18)19-15-9-5-7-13-6-1-2-8-14(13)15/h1-4,6,8,10-11,15H,5,7,9,12H2,(H,19,23)/t15-/m1/s1. The van der Waals surface area contributed by atoms with Crippen molar-refractivity contribution in [3.8, 4) is 6.01 Å². The Morgan fingerprint density at radius 1 is 1.21 bits per heavy atom. The fourth-order valence-electron chi connectivity index (χ4n) is 3.19. The van der Waals surface area contributed by atoms with Crippen LogP contribution in [-0.2, 0) is 11.2 Å². The molecule has 6 nitrogen and oxygen atoms in total. The summed E-state index contributed by atoms with van der Waals surface area (Å²) in [5.74, 6) is -0.149. The van der Waals surface area contributed by atoms with Crippen LogP contribution < -0.4 is 10.1 Å². The number of pyridine rings is 1. The minimum Gasteiger partial charge on any atom is -0.453 e. The molecule has 24 heavy (non-hydrogen) atoms. The molecule has 0 saturated heterocycles. The molecule has 1 amide bonds. The summed E-state index contributed by atoms with van der Waals surface area (Å²) in [6.45, 7) is -0.0750. The number of carbonyl (C=O) groups excluding carboxylic acids is 1. The molecule has 4 rings (SSSR count). The Kier molecular flexibility index (Phi) is 3.86. The number of nitrogens with one attached hydrogen (secondary N) is 1. The smallest absolute Gasteiger partial charge is 0.322 e. The Hall–Kier alpha value is -2.89. The van der Waals surface area contributed by atoms with Crippen LogP contribution in [-0.4, -0.2) is 27.1 Å². The largest absolute Gasteiger partial charge is 0.453 e. The van der Waals surface area contributed by atoms with E-state index in [4.69, 9.17) is 4.74 Å². The number of nitrogens with zero attached hydrogens (tertiary/aromatic N) is 3. The van der Waals surface area contributed by atoms with Crippen molar-refractivity contribution >= 4 is 11.6 Å². The summed E-state index contributed by atoms with van der Waals surface area (Å²) in [6.07, 6.45) is 4.92. The molecule has 0 spiro atoms. The number of hydrogen-bond acceptors (Lipinski definition) is 4. The maximum atomic E-state index is 12.3. The summed E-state index contributed by atoms with van der Waals surface area (Å²) >= 11 is 0. The van der Waals surface area contributed by atoms with E-state index in [2.05, 4.69) is 27.6 Å². The monoisotopic (exact) mass is 322 g/mol. The van der Waals surface area contributed by atoms with Gasteiger partial charge in [-0.15, -0.1) is 5.10 Å². The van der Waals surface area contributed by atoms with E-state index >= 15 is 0 Å². The maximum absolute atomic E-state index is 12.3. The van der Waals surface area contributed by atoms with E-state index in [-0.39, 0.29) is 18.6 Å². The first-order chi connectivity index (χ1) is 11.8. The van der Waals surface area contributed by atoms with Gasteiger partial charge in [-0.1, -0.05) is 35.4 Å². The average Bonchev–Trinajstić information content (AvgIpc) is 3.04. The van der Waals surface area contributed by atoms with Crippen molar-refractivity contribution in [3.63, 3.8) is 0 Å². The first-order valence-corrected chi connectivity index (χ1v) is 8.11. The van der Waals surface area contributed by atoms with Crippen LogP contribution in [0.4, 0.5) is 0 Å². The number of benzene rings is 1. The van der Waals surface area contributed by atoms with Crippen LogP contribution in [0, 0.1) is 0 Å². The van der Waals surface area contributed by atoms with Crippen LogP contribution in [0.1, 0.15) is 30.0 Å². The van der Waals surface area contributed by atoms with Crippen molar-refractivity contribution in [2.75, 3.05) is 6.61 Å². The molecule has 1 aromatic carbocycles. The summed E-state index contributed by atoms with van der Waals surface area (Å²) in [5, 5.41) is 11.0. The first kappa shape index (κ1) is 14.7. The van der Waals surface area contributed by atoms with Gasteiger partial charge in [-0.2, -0.15) is 0 Å². The number of aryl methyl sites for hydroxylation is 1. The fourth-order valence-corrected chi connectivity index (χ4v) is 3.19. The van der Waals surface area contributed by atoms with Gasteiger partial charge in [0.1, 0.15) is 0 Å². The molecule has 0 aliphatic heterocycles. The highest BCUT2D eigenvalue weighted by molar-refractivity contribution is 5.78. The van der Waals surface area contributed by atoms with Crippen LogP contribution in [0.3, 0.4) is 0 Å². The molecule has 1 aliphatic carbocycles. The highest BCUT2D eigenvalue weighted by Gasteiger charge is 2.21. The maximum Gasteiger partial charge on any atom is 0.322 e. The topological polar surface area (TPSA) is 68.5 Å². The molecule has 2 aromatic heterocycles. The van der Waals surface area contributed by atoms with Gasteiger partial charge in [-0.25, -0.2) is 0 Å². The van der Waals surface area contributed by atoms with Crippen LogP contribution in [0.2, 0.25) is 0 Å². The van der Waals surface area contributed by atoms with Crippen LogP contribution in [0.25, 0.3) is 5.65 Å². The van der Waals surface area contributed by atoms with Gasteiger partial charge in [0, 0.05) is 6.20 Å². The minimum atomic E-state index is -0.149. The third kappa shape index (κ3) is 2.82. The van der Waals surface area contributed by atoms with Crippen molar-refractivity contribution in [2.24, 2.45) is 0 Å². The van der Waals surface area contributed by atoms with Gasteiger partial charge in [0.15, 0.2) is 12.3 Å². The second-order valence-electron chi connectivity index (χ2n) is 5.91. The van der Waals surface area contributed by atoms with Crippen molar-refractivity contribution in [3.05, 3.63) is 59.8 Å². The van der Waals surface area contributed by atoms with E-state index in [1.807, 2.05) is 30.3 Å². The third-order valence-electron chi connectivity index (χ3n) is 4.32. The van der Waals surface area contributed by atoms with Gasteiger partial charge in [0.2, 0.25) is 0 Å². The normalized spacial score (nSPS) is 16.6. The lowest BCUT2D eigenvalue weighted by molar-refractivity contribution is -0.124. The number of amides is 1. The van der Waals surface area contributed by atoms with Gasteiger partial charge in [0.25, 0.3) is 5.91 Å². The number of rotatable bonds is 4. The van der Waals surface area contributed by atoms with Gasteiger partial charge in [0.05, 0.1) is 6.04 Å². The molecule has 0 unspecified atom stereocenters. The SMILES string of the molecule is O=C(COc1nnc2ccccn12)N[C@@H]1CCCc2ccccc21. The van der Waals surface area contributed by atoms with Crippen LogP contribution in [0.5, 0.6) is 6.01 Å². The molecule has 2 heterocycles. The van der Waals surface area contributed by atoms with Crippen molar-refractivity contribution in [2.45, 2.75) is 25.3 Å². The lowest BCUT2D eigenvalue weighted by Crippen LogP contribution is -2.34. The van der Waals surface area contributed by atoms with Crippen molar-refractivity contribution in [1.82, 2.24) is 19.9 Å². The van der Waals surface area contributed by atoms with E-state index < -0.39 is 0 Å². The number of carbonyl (C=O) groups is 1. The lowest BCUT2D eigenvalue weighted by Gasteiger charge is -2.26. The Balaban J connectivity index is 1.41. The molecule has 0 radical (unpaired) electrons. The molecule has 1 N–H and O–H groups in total. The molecule has 1 aliphatic rings. The van der Waals surface area contributed by atoms with E-state index in [0.717, 1.165) is 19.3 Å².